The molecule has 0 spiro atoms. The molecule has 1 unspecified atom stereocenters. The molecule has 5 amide bonds. The van der Waals surface area contributed by atoms with Crippen LogP contribution in [0.1, 0.15) is 86.1 Å². The van der Waals surface area contributed by atoms with Gasteiger partial charge in [0.25, 0.3) is 0 Å². The maximum atomic E-state index is 14.4. The number of rotatable bonds is 36. The molecule has 0 saturated carbocycles. The number of aliphatic carboxylic acids is 1. The number of hydrogen-bond donors (Lipinski definition) is 4. The Bertz CT molecular complexity index is 1700. The highest BCUT2D eigenvalue weighted by Crippen LogP contribution is 2.30. The summed E-state index contributed by atoms with van der Waals surface area (Å²) in [5.41, 5.74) is 0.860. The Morgan fingerprint density at radius 1 is 0.757 bits per heavy atom. The number of nitrogens with zero attached hydrogens (tertiary/aromatic N) is 3. The van der Waals surface area contributed by atoms with Crippen molar-refractivity contribution in [2.75, 3.05) is 101 Å². The van der Waals surface area contributed by atoms with Crippen molar-refractivity contribution < 1.29 is 62.3 Å². The van der Waals surface area contributed by atoms with Gasteiger partial charge in [0.1, 0.15) is 12.1 Å². The van der Waals surface area contributed by atoms with Crippen LogP contribution in [0, 0.1) is 23.7 Å². The van der Waals surface area contributed by atoms with Crippen molar-refractivity contribution in [3.05, 3.63) is 35.9 Å². The molecule has 1 aromatic rings. The summed E-state index contributed by atoms with van der Waals surface area (Å²) in [6.45, 7) is 16.5. The number of benzene rings is 1. The standard InChI is InChI=1S/C51H88N6O13/c1-13-36(6)46(56(10)51(64)44(34(2)3)54-50(63)45(35(4)5)55(8)9)41(65-11)33-42(58)57-23-17-20-40(57)47(66-12)37(7)48(61)53-39(32-38-18-15-14-16-19-38)49(62)52-22-25-68-27-29-70-31-30-69-28-26-67-24-21-43(59)60/h14-16,18-19,34-37,39-41,44-47H,13,17,20-33H2,1-12H3,(H,52,62)(H,53,61)(H,54,63)(H,59,60)/t36-,37+,39-,40-,41+,44-,45-,46?,47+/m0/s1. The van der Waals surface area contributed by atoms with Gasteiger partial charge in [0.15, 0.2) is 0 Å². The first-order valence-corrected chi connectivity index (χ1v) is 25.0. The van der Waals surface area contributed by atoms with E-state index in [-0.39, 0.29) is 80.4 Å². The minimum atomic E-state index is -0.912. The Hall–Kier alpha value is -4.24. The van der Waals surface area contributed by atoms with E-state index < -0.39 is 60.2 Å². The third kappa shape index (κ3) is 20.8. The lowest BCUT2D eigenvalue weighted by molar-refractivity contribution is -0.148. The van der Waals surface area contributed by atoms with Crippen molar-refractivity contribution in [1.29, 1.82) is 0 Å². The first-order chi connectivity index (χ1) is 33.3. The summed E-state index contributed by atoms with van der Waals surface area (Å²) in [6.07, 6.45) is 0.815. The molecule has 9 atom stereocenters. The van der Waals surface area contributed by atoms with E-state index in [4.69, 9.17) is 33.5 Å². The fourth-order valence-electron chi connectivity index (χ4n) is 9.06. The summed E-state index contributed by atoms with van der Waals surface area (Å²) >= 11 is 0. The molecule has 1 saturated heterocycles. The average molecular weight is 993 g/mol. The van der Waals surface area contributed by atoms with Crippen molar-refractivity contribution in [3.8, 4) is 0 Å². The highest BCUT2D eigenvalue weighted by molar-refractivity contribution is 5.90. The van der Waals surface area contributed by atoms with E-state index in [1.807, 2.05) is 90.9 Å². The van der Waals surface area contributed by atoms with Crippen LogP contribution in [0.15, 0.2) is 30.3 Å². The van der Waals surface area contributed by atoms with Crippen LogP contribution in [0.3, 0.4) is 0 Å². The van der Waals surface area contributed by atoms with E-state index in [1.54, 1.807) is 30.9 Å². The van der Waals surface area contributed by atoms with E-state index in [0.717, 1.165) is 5.56 Å². The van der Waals surface area contributed by atoms with Crippen molar-refractivity contribution in [1.82, 2.24) is 30.7 Å². The number of likely N-dealkylation sites (tertiary alicyclic amines) is 1. The van der Waals surface area contributed by atoms with Crippen LogP contribution < -0.4 is 16.0 Å². The van der Waals surface area contributed by atoms with Crippen LogP contribution in [0.25, 0.3) is 0 Å². The monoisotopic (exact) mass is 993 g/mol. The summed E-state index contributed by atoms with van der Waals surface area (Å²) in [4.78, 5) is 85.8. The Morgan fingerprint density at radius 3 is 1.86 bits per heavy atom. The smallest absolute Gasteiger partial charge is 0.305 e. The minimum Gasteiger partial charge on any atom is -0.481 e. The van der Waals surface area contributed by atoms with Crippen LogP contribution in [0.2, 0.25) is 0 Å². The molecule has 70 heavy (non-hydrogen) atoms. The zero-order chi connectivity index (χ0) is 52.3. The van der Waals surface area contributed by atoms with Crippen LogP contribution >= 0.6 is 0 Å². The molecule has 1 heterocycles. The lowest BCUT2D eigenvalue weighted by atomic mass is 9.89. The second-order valence-electron chi connectivity index (χ2n) is 19.1. The maximum Gasteiger partial charge on any atom is 0.305 e. The number of carbonyl (C=O) groups excluding carboxylic acids is 5. The lowest BCUT2D eigenvalue weighted by Crippen LogP contribution is -2.59. The summed E-state index contributed by atoms with van der Waals surface area (Å²) in [7, 11) is 8.48. The lowest BCUT2D eigenvalue weighted by Gasteiger charge is -2.41. The predicted molar refractivity (Wildman–Crippen MR) is 266 cm³/mol. The molecule has 19 heteroatoms. The maximum absolute atomic E-state index is 14.4. The Kier molecular flexibility index (Phi) is 29.5. The number of methoxy groups -OCH3 is 2. The third-order valence-electron chi connectivity index (χ3n) is 13.0. The van der Waals surface area contributed by atoms with E-state index in [2.05, 4.69) is 16.0 Å². The molecule has 0 aliphatic carbocycles. The van der Waals surface area contributed by atoms with E-state index in [0.29, 0.717) is 65.4 Å². The first-order valence-electron chi connectivity index (χ1n) is 25.0. The molecule has 1 aliphatic rings. The first kappa shape index (κ1) is 61.9. The van der Waals surface area contributed by atoms with Gasteiger partial charge < -0.3 is 59.3 Å². The van der Waals surface area contributed by atoms with Gasteiger partial charge in [-0.3, -0.25) is 33.7 Å². The van der Waals surface area contributed by atoms with Gasteiger partial charge in [-0.25, -0.2) is 0 Å². The van der Waals surface area contributed by atoms with Gasteiger partial charge in [-0.15, -0.1) is 0 Å². The molecular weight excluding hydrogens is 905 g/mol. The van der Waals surface area contributed by atoms with Gasteiger partial charge in [0.05, 0.1) is 102 Å². The van der Waals surface area contributed by atoms with Gasteiger partial charge in [0.2, 0.25) is 29.5 Å². The number of carboxylic acids is 1. The van der Waals surface area contributed by atoms with Gasteiger partial charge in [-0.1, -0.05) is 85.2 Å². The number of carboxylic acid groups (broad SMARTS) is 1. The molecule has 400 valence electrons. The summed E-state index contributed by atoms with van der Waals surface area (Å²) in [5.74, 6) is -3.34. The Balaban J connectivity index is 2.09. The minimum absolute atomic E-state index is 0.0213. The van der Waals surface area contributed by atoms with E-state index >= 15 is 0 Å². The molecule has 2 rings (SSSR count). The highest BCUT2D eigenvalue weighted by atomic mass is 16.6. The topological polar surface area (TPSA) is 224 Å². The molecule has 19 nitrogen and oxygen atoms in total. The zero-order valence-corrected chi connectivity index (χ0v) is 44.2. The molecule has 0 radical (unpaired) electrons. The van der Waals surface area contributed by atoms with Crippen molar-refractivity contribution >= 4 is 35.5 Å². The number of ether oxygens (including phenoxy) is 6. The predicted octanol–water partition coefficient (Wildman–Crippen LogP) is 3.02. The second-order valence-corrected chi connectivity index (χ2v) is 19.1. The van der Waals surface area contributed by atoms with Gasteiger partial charge in [0, 0.05) is 40.8 Å². The average Bonchev–Trinajstić information content (AvgIpc) is 3.80. The van der Waals surface area contributed by atoms with Gasteiger partial charge in [-0.2, -0.15) is 0 Å². The van der Waals surface area contributed by atoms with Crippen molar-refractivity contribution in [2.45, 2.75) is 129 Å². The third-order valence-corrected chi connectivity index (χ3v) is 13.0. The van der Waals surface area contributed by atoms with Crippen LogP contribution in [-0.2, 0) is 63.6 Å². The molecule has 1 fully saturated rings. The number of likely N-dealkylation sites (N-methyl/N-ethyl adjacent to an activating group) is 2. The molecule has 1 aliphatic heterocycles. The van der Waals surface area contributed by atoms with E-state index in [1.165, 1.54) is 7.11 Å². The SMILES string of the molecule is CC[C@H](C)C([C@@H](CC(=O)N1CCC[C@H]1[C@H](OC)[C@@H](C)C(=O)N[C@@H](Cc1ccccc1)C(=O)NCCOCCOCCOCCOCCC(=O)O)OC)N(C)C(=O)[C@@H](NC(=O)[C@H](C(C)C)N(C)C)C(C)C. The number of hydrogen-bond acceptors (Lipinski definition) is 13. The van der Waals surface area contributed by atoms with Crippen molar-refractivity contribution in [2.24, 2.45) is 23.7 Å². The van der Waals surface area contributed by atoms with Gasteiger partial charge >= 0.3 is 5.97 Å². The van der Waals surface area contributed by atoms with Crippen LogP contribution in [-0.4, -0.2) is 199 Å². The normalized spacial score (nSPS) is 17.4. The number of amides is 5. The van der Waals surface area contributed by atoms with Crippen LogP contribution in [0.5, 0.6) is 0 Å². The van der Waals surface area contributed by atoms with E-state index in [9.17, 15) is 28.8 Å². The van der Waals surface area contributed by atoms with Crippen LogP contribution in [0.4, 0.5) is 0 Å². The fourth-order valence-corrected chi connectivity index (χ4v) is 9.06. The fraction of sp³-hybridized carbons (Fsp3) is 0.765. The zero-order valence-electron chi connectivity index (χ0n) is 44.2. The summed E-state index contributed by atoms with van der Waals surface area (Å²) in [6, 6.07) is 6.35. The molecule has 1 aromatic carbocycles. The Labute approximate surface area is 417 Å². The highest BCUT2D eigenvalue weighted by Gasteiger charge is 2.43. The Morgan fingerprint density at radius 2 is 1.34 bits per heavy atom. The summed E-state index contributed by atoms with van der Waals surface area (Å²) < 4.78 is 33.8. The second kappa shape index (κ2) is 33.4. The largest absolute Gasteiger partial charge is 0.481 e. The van der Waals surface area contributed by atoms with Gasteiger partial charge in [-0.05, 0) is 50.3 Å². The molecule has 0 bridgehead atoms. The summed E-state index contributed by atoms with van der Waals surface area (Å²) in [5, 5.41) is 17.5. The molecule has 0 aromatic heterocycles. The number of carbonyl (C=O) groups is 6. The van der Waals surface area contributed by atoms with Crippen molar-refractivity contribution in [3.63, 3.8) is 0 Å². The quantitative estimate of drug-likeness (QED) is 0.0711. The molecular formula is C51H88N6O13. The molecule has 4 N–H and O–H groups in total. The number of nitrogens with one attached hydrogen (secondary N) is 3.